The second-order valence-corrected chi connectivity index (χ2v) is 4.42. The Hall–Kier alpha value is -1.63. The van der Waals surface area contributed by atoms with Crippen LogP contribution in [0.5, 0.6) is 0 Å². The molecule has 1 fully saturated rings. The second-order valence-electron chi connectivity index (χ2n) is 4.42. The third-order valence-electron chi connectivity index (χ3n) is 2.97. The maximum absolute atomic E-state index is 12.5. The first kappa shape index (κ1) is 13.8. The summed E-state index contributed by atoms with van der Waals surface area (Å²) >= 11 is 0. The van der Waals surface area contributed by atoms with Crippen LogP contribution in [0.1, 0.15) is 24.8 Å². The van der Waals surface area contributed by atoms with E-state index in [1.807, 2.05) is 0 Å². The van der Waals surface area contributed by atoms with Crippen molar-refractivity contribution in [2.75, 3.05) is 11.9 Å². The molecule has 0 aromatic carbocycles. The third-order valence-corrected chi connectivity index (χ3v) is 2.97. The summed E-state index contributed by atoms with van der Waals surface area (Å²) in [5.74, 6) is -0.418. The van der Waals surface area contributed by atoms with Crippen molar-refractivity contribution >= 4 is 11.7 Å². The van der Waals surface area contributed by atoms with Gasteiger partial charge in [0.1, 0.15) is 5.82 Å². The Labute approximate surface area is 108 Å². The maximum atomic E-state index is 12.5. The van der Waals surface area contributed by atoms with Crippen molar-refractivity contribution < 1.29 is 18.0 Å². The second kappa shape index (κ2) is 5.56. The molecular weight excluding hydrogens is 259 g/mol. The van der Waals surface area contributed by atoms with E-state index in [0.29, 0.717) is 6.42 Å². The van der Waals surface area contributed by atoms with Gasteiger partial charge in [0.05, 0.1) is 11.6 Å². The molecule has 19 heavy (non-hydrogen) atoms. The van der Waals surface area contributed by atoms with E-state index in [1.54, 1.807) is 0 Å². The minimum atomic E-state index is -4.44. The Balaban J connectivity index is 2.04. The third kappa shape index (κ3) is 3.66. The van der Waals surface area contributed by atoms with Gasteiger partial charge in [-0.3, -0.25) is 4.79 Å². The number of carbonyl (C=O) groups excluding carboxylic acids is 1. The van der Waals surface area contributed by atoms with Crippen LogP contribution in [0.15, 0.2) is 18.3 Å². The van der Waals surface area contributed by atoms with E-state index < -0.39 is 11.7 Å². The highest BCUT2D eigenvalue weighted by atomic mass is 19.4. The van der Waals surface area contributed by atoms with E-state index in [4.69, 9.17) is 0 Å². The monoisotopic (exact) mass is 273 g/mol. The predicted octanol–water partition coefficient (Wildman–Crippen LogP) is 2.18. The smallest absolute Gasteiger partial charge is 0.309 e. The van der Waals surface area contributed by atoms with Crippen LogP contribution in [0.25, 0.3) is 0 Å². The molecule has 0 spiro atoms. The van der Waals surface area contributed by atoms with Gasteiger partial charge in [0, 0.05) is 6.20 Å². The molecule has 1 saturated heterocycles. The molecule has 1 amide bonds. The molecule has 0 radical (unpaired) electrons. The number of aromatic nitrogens is 1. The van der Waals surface area contributed by atoms with Gasteiger partial charge in [0.2, 0.25) is 5.91 Å². The molecule has 2 rings (SSSR count). The summed E-state index contributed by atoms with van der Waals surface area (Å²) in [7, 11) is 0. The zero-order valence-electron chi connectivity index (χ0n) is 10.1. The summed E-state index contributed by atoms with van der Waals surface area (Å²) in [6.45, 7) is 0.744. The Morgan fingerprint density at radius 3 is 2.84 bits per heavy atom. The van der Waals surface area contributed by atoms with Crippen molar-refractivity contribution in [3.05, 3.63) is 23.9 Å². The van der Waals surface area contributed by atoms with E-state index in [-0.39, 0.29) is 17.8 Å². The van der Waals surface area contributed by atoms with E-state index in [1.165, 1.54) is 0 Å². The van der Waals surface area contributed by atoms with Crippen molar-refractivity contribution in [3.63, 3.8) is 0 Å². The summed E-state index contributed by atoms with van der Waals surface area (Å²) in [5.41, 5.74) is -0.825. The number of piperidine rings is 1. The molecule has 1 aliphatic heterocycles. The number of nitrogens with one attached hydrogen (secondary N) is 2. The molecule has 2 N–H and O–H groups in total. The summed E-state index contributed by atoms with van der Waals surface area (Å²) in [5, 5.41) is 5.43. The number of halogens is 3. The number of hydrogen-bond donors (Lipinski definition) is 2. The predicted molar refractivity (Wildman–Crippen MR) is 63.5 cm³/mol. The topological polar surface area (TPSA) is 54.0 Å². The Kier molecular flexibility index (Phi) is 4.04. The molecule has 0 bridgehead atoms. The number of hydrogen-bond acceptors (Lipinski definition) is 3. The van der Waals surface area contributed by atoms with Crippen LogP contribution in [0.2, 0.25) is 0 Å². The summed E-state index contributed by atoms with van der Waals surface area (Å²) in [6, 6.07) is 1.35. The normalized spacial score (nSPS) is 20.1. The molecule has 104 valence electrons. The van der Waals surface area contributed by atoms with Crippen LogP contribution in [0.3, 0.4) is 0 Å². The summed E-state index contributed by atoms with van der Waals surface area (Å²) in [4.78, 5) is 15.6. The van der Waals surface area contributed by atoms with Gasteiger partial charge in [0.25, 0.3) is 0 Å². The Bertz CT molecular complexity index is 456. The van der Waals surface area contributed by atoms with Gasteiger partial charge < -0.3 is 10.6 Å². The molecule has 1 unspecified atom stereocenters. The fourth-order valence-electron chi connectivity index (χ4n) is 1.96. The van der Waals surface area contributed by atoms with E-state index in [2.05, 4.69) is 15.6 Å². The average Bonchev–Trinajstić information content (AvgIpc) is 2.39. The zero-order valence-corrected chi connectivity index (χ0v) is 10.1. The quantitative estimate of drug-likeness (QED) is 0.868. The number of alkyl halides is 3. The van der Waals surface area contributed by atoms with Crippen LogP contribution in [0, 0.1) is 0 Å². The lowest BCUT2D eigenvalue weighted by molar-refractivity contribution is -0.137. The van der Waals surface area contributed by atoms with Gasteiger partial charge in [-0.15, -0.1) is 0 Å². The molecular formula is C12H14F3N3O. The maximum Gasteiger partial charge on any atom is 0.416 e. The van der Waals surface area contributed by atoms with Crippen LogP contribution >= 0.6 is 0 Å². The molecule has 2 heterocycles. The van der Waals surface area contributed by atoms with Crippen molar-refractivity contribution in [3.8, 4) is 0 Å². The first-order valence-corrected chi connectivity index (χ1v) is 6.04. The zero-order chi connectivity index (χ0) is 13.9. The van der Waals surface area contributed by atoms with Crippen LogP contribution < -0.4 is 10.6 Å². The molecule has 7 heteroatoms. The largest absolute Gasteiger partial charge is 0.416 e. The number of rotatable bonds is 2. The SMILES string of the molecule is O=C(Nc1cc(C(F)(F)F)ccn1)C1CCCCN1. The fraction of sp³-hybridized carbons (Fsp3) is 0.500. The molecule has 1 aromatic heterocycles. The van der Waals surface area contributed by atoms with E-state index >= 15 is 0 Å². The van der Waals surface area contributed by atoms with Crippen molar-refractivity contribution in [2.45, 2.75) is 31.5 Å². The number of nitrogens with zero attached hydrogens (tertiary/aromatic N) is 1. The highest BCUT2D eigenvalue weighted by Crippen LogP contribution is 2.29. The summed E-state index contributed by atoms with van der Waals surface area (Å²) in [6.07, 6.45) is -0.782. The molecule has 0 saturated carbocycles. The molecule has 0 aliphatic carbocycles. The van der Waals surface area contributed by atoms with Crippen molar-refractivity contribution in [2.24, 2.45) is 0 Å². The highest BCUT2D eigenvalue weighted by Gasteiger charge is 2.31. The minimum Gasteiger partial charge on any atom is -0.309 e. The van der Waals surface area contributed by atoms with Gasteiger partial charge >= 0.3 is 6.18 Å². The van der Waals surface area contributed by atoms with Gasteiger partial charge in [-0.1, -0.05) is 6.42 Å². The van der Waals surface area contributed by atoms with Crippen LogP contribution in [-0.2, 0) is 11.0 Å². The van der Waals surface area contributed by atoms with Gasteiger partial charge in [-0.05, 0) is 31.5 Å². The van der Waals surface area contributed by atoms with Crippen molar-refractivity contribution in [1.82, 2.24) is 10.3 Å². The average molecular weight is 273 g/mol. The lowest BCUT2D eigenvalue weighted by Crippen LogP contribution is -2.43. The van der Waals surface area contributed by atoms with E-state index in [9.17, 15) is 18.0 Å². The molecule has 1 aromatic rings. The fourth-order valence-corrected chi connectivity index (χ4v) is 1.96. The van der Waals surface area contributed by atoms with Gasteiger partial charge in [0.15, 0.2) is 0 Å². The van der Waals surface area contributed by atoms with Crippen LogP contribution in [0.4, 0.5) is 19.0 Å². The first-order valence-electron chi connectivity index (χ1n) is 6.04. The summed E-state index contributed by atoms with van der Waals surface area (Å²) < 4.78 is 37.5. The Morgan fingerprint density at radius 1 is 1.42 bits per heavy atom. The van der Waals surface area contributed by atoms with E-state index in [0.717, 1.165) is 37.7 Å². The Morgan fingerprint density at radius 2 is 2.21 bits per heavy atom. The minimum absolute atomic E-state index is 0.0767. The van der Waals surface area contributed by atoms with Gasteiger partial charge in [-0.25, -0.2) is 4.98 Å². The first-order chi connectivity index (χ1) is 8.97. The number of carbonyl (C=O) groups is 1. The lowest BCUT2D eigenvalue weighted by atomic mass is 10.0. The molecule has 1 aliphatic rings. The van der Waals surface area contributed by atoms with Crippen molar-refractivity contribution in [1.29, 1.82) is 0 Å². The van der Waals surface area contributed by atoms with Gasteiger partial charge in [-0.2, -0.15) is 13.2 Å². The highest BCUT2D eigenvalue weighted by molar-refractivity contribution is 5.94. The molecule has 1 atom stereocenters. The lowest BCUT2D eigenvalue weighted by Gasteiger charge is -2.22. The standard InChI is InChI=1S/C12H14F3N3O/c13-12(14,15)8-4-6-17-10(7-8)18-11(19)9-3-1-2-5-16-9/h4,6-7,9,16H,1-3,5H2,(H,17,18,19). The number of amides is 1. The van der Waals surface area contributed by atoms with Crippen LogP contribution in [-0.4, -0.2) is 23.5 Å². The molecule has 4 nitrogen and oxygen atoms in total. The number of pyridine rings is 1. The number of anilines is 1.